The predicted molar refractivity (Wildman–Crippen MR) is 128 cm³/mol. The second kappa shape index (κ2) is 10.3. The number of amides is 3. The van der Waals surface area contributed by atoms with Gasteiger partial charge in [0, 0.05) is 38.4 Å². The monoisotopic (exact) mass is 466 g/mol. The number of carbonyl (C=O) groups excluding carboxylic acids is 3. The fourth-order valence-corrected chi connectivity index (χ4v) is 4.57. The number of fused-ring (bicyclic) bond motifs is 1. The van der Waals surface area contributed by atoms with E-state index in [-0.39, 0.29) is 23.3 Å². The SMILES string of the molecule is CC(C)C(NC(=O)c1ccccc1F)C(=O)N1CCN(CC(=O)N2CCc3ccccc32)CC1. The second-order valence-corrected chi connectivity index (χ2v) is 9.20. The lowest BCUT2D eigenvalue weighted by atomic mass is 10.0. The first-order valence-corrected chi connectivity index (χ1v) is 11.8. The molecule has 0 aliphatic carbocycles. The van der Waals surface area contributed by atoms with Gasteiger partial charge in [-0.25, -0.2) is 4.39 Å². The van der Waals surface area contributed by atoms with Gasteiger partial charge in [0.2, 0.25) is 11.8 Å². The topological polar surface area (TPSA) is 73.0 Å². The molecule has 8 heteroatoms. The van der Waals surface area contributed by atoms with Crippen LogP contribution < -0.4 is 10.2 Å². The Labute approximate surface area is 199 Å². The minimum absolute atomic E-state index is 0.0712. The Balaban J connectivity index is 1.32. The molecule has 180 valence electrons. The van der Waals surface area contributed by atoms with Crippen LogP contribution in [0.1, 0.15) is 29.8 Å². The van der Waals surface area contributed by atoms with Gasteiger partial charge in [0.15, 0.2) is 0 Å². The van der Waals surface area contributed by atoms with Crippen molar-refractivity contribution in [1.29, 1.82) is 0 Å². The summed E-state index contributed by atoms with van der Waals surface area (Å²) >= 11 is 0. The van der Waals surface area contributed by atoms with E-state index in [1.807, 2.05) is 36.9 Å². The van der Waals surface area contributed by atoms with Crippen LogP contribution in [0.4, 0.5) is 10.1 Å². The van der Waals surface area contributed by atoms with Gasteiger partial charge in [0.1, 0.15) is 11.9 Å². The maximum atomic E-state index is 14.0. The Hall–Kier alpha value is -3.26. The van der Waals surface area contributed by atoms with Crippen molar-refractivity contribution < 1.29 is 18.8 Å². The summed E-state index contributed by atoms with van der Waals surface area (Å²) < 4.78 is 14.0. The Kier molecular flexibility index (Phi) is 7.26. The van der Waals surface area contributed by atoms with E-state index in [4.69, 9.17) is 0 Å². The van der Waals surface area contributed by atoms with E-state index in [0.29, 0.717) is 39.3 Å². The molecule has 2 aliphatic heterocycles. The highest BCUT2D eigenvalue weighted by atomic mass is 19.1. The molecule has 1 atom stereocenters. The van der Waals surface area contributed by atoms with Crippen LogP contribution in [0.25, 0.3) is 0 Å². The van der Waals surface area contributed by atoms with Crippen LogP contribution in [0.5, 0.6) is 0 Å². The quantitative estimate of drug-likeness (QED) is 0.709. The number of halogens is 1. The molecule has 0 radical (unpaired) electrons. The smallest absolute Gasteiger partial charge is 0.254 e. The number of piperazine rings is 1. The number of hydrogen-bond donors (Lipinski definition) is 1. The summed E-state index contributed by atoms with van der Waals surface area (Å²) in [7, 11) is 0. The number of hydrogen-bond acceptors (Lipinski definition) is 4. The minimum atomic E-state index is -0.749. The van der Waals surface area contributed by atoms with Crippen LogP contribution in [0.3, 0.4) is 0 Å². The first-order valence-electron chi connectivity index (χ1n) is 11.8. The van der Waals surface area contributed by atoms with E-state index >= 15 is 0 Å². The predicted octanol–water partition coefficient (Wildman–Crippen LogP) is 2.31. The molecule has 3 amide bonds. The second-order valence-electron chi connectivity index (χ2n) is 9.20. The van der Waals surface area contributed by atoms with E-state index < -0.39 is 17.8 Å². The van der Waals surface area contributed by atoms with Crippen LogP contribution in [-0.4, -0.2) is 72.8 Å². The largest absolute Gasteiger partial charge is 0.340 e. The number of nitrogens with one attached hydrogen (secondary N) is 1. The average molecular weight is 467 g/mol. The van der Waals surface area contributed by atoms with Crippen LogP contribution in [0.2, 0.25) is 0 Å². The number of carbonyl (C=O) groups is 3. The molecule has 2 heterocycles. The highest BCUT2D eigenvalue weighted by Crippen LogP contribution is 2.27. The lowest BCUT2D eigenvalue weighted by molar-refractivity contribution is -0.136. The molecule has 4 rings (SSSR count). The van der Waals surface area contributed by atoms with Crippen LogP contribution >= 0.6 is 0 Å². The van der Waals surface area contributed by atoms with E-state index in [2.05, 4.69) is 16.3 Å². The molecular formula is C26H31FN4O3. The van der Waals surface area contributed by atoms with E-state index in [1.54, 1.807) is 11.0 Å². The number of nitrogens with zero attached hydrogens (tertiary/aromatic N) is 3. The molecule has 0 bridgehead atoms. The molecule has 34 heavy (non-hydrogen) atoms. The molecule has 7 nitrogen and oxygen atoms in total. The highest BCUT2D eigenvalue weighted by molar-refractivity contribution is 5.98. The van der Waals surface area contributed by atoms with Gasteiger partial charge < -0.3 is 15.1 Å². The molecule has 2 aliphatic rings. The van der Waals surface area contributed by atoms with Gasteiger partial charge in [-0.05, 0) is 36.1 Å². The summed E-state index contributed by atoms with van der Waals surface area (Å²) in [6, 6.07) is 13.0. The lowest BCUT2D eigenvalue weighted by Crippen LogP contribution is -2.57. The minimum Gasteiger partial charge on any atom is -0.340 e. The number of rotatable bonds is 6. The van der Waals surface area contributed by atoms with Crippen LogP contribution in [0.15, 0.2) is 48.5 Å². The summed E-state index contributed by atoms with van der Waals surface area (Å²) in [5.74, 6) is -1.48. The number of anilines is 1. The third-order valence-electron chi connectivity index (χ3n) is 6.57. The fraction of sp³-hybridized carbons (Fsp3) is 0.423. The van der Waals surface area contributed by atoms with Crippen molar-refractivity contribution in [3.05, 3.63) is 65.5 Å². The molecule has 0 spiro atoms. The van der Waals surface area contributed by atoms with Crippen molar-refractivity contribution >= 4 is 23.4 Å². The zero-order valence-electron chi connectivity index (χ0n) is 19.7. The zero-order valence-corrected chi connectivity index (χ0v) is 19.7. The van der Waals surface area contributed by atoms with Crippen molar-refractivity contribution in [2.45, 2.75) is 26.3 Å². The maximum Gasteiger partial charge on any atom is 0.254 e. The third kappa shape index (κ3) is 5.12. The van der Waals surface area contributed by atoms with Gasteiger partial charge in [-0.15, -0.1) is 0 Å². The molecule has 0 aromatic heterocycles. The third-order valence-corrected chi connectivity index (χ3v) is 6.57. The molecule has 1 fully saturated rings. The zero-order chi connectivity index (χ0) is 24.2. The summed E-state index contributed by atoms with van der Waals surface area (Å²) in [6.07, 6.45) is 0.874. The van der Waals surface area contributed by atoms with Crippen molar-refractivity contribution in [3.63, 3.8) is 0 Å². The molecule has 2 aromatic carbocycles. The molecule has 1 saturated heterocycles. The summed E-state index contributed by atoms with van der Waals surface area (Å²) in [4.78, 5) is 44.3. The van der Waals surface area contributed by atoms with E-state index in [0.717, 1.165) is 12.1 Å². The van der Waals surface area contributed by atoms with E-state index in [9.17, 15) is 18.8 Å². The van der Waals surface area contributed by atoms with Crippen molar-refractivity contribution in [3.8, 4) is 0 Å². The average Bonchev–Trinajstić information content (AvgIpc) is 3.27. The summed E-state index contributed by atoms with van der Waals surface area (Å²) in [5.41, 5.74) is 2.11. The van der Waals surface area contributed by atoms with Crippen molar-refractivity contribution in [2.75, 3.05) is 44.2 Å². The van der Waals surface area contributed by atoms with E-state index in [1.165, 1.54) is 23.8 Å². The van der Waals surface area contributed by atoms with Crippen LogP contribution in [0, 0.1) is 11.7 Å². The van der Waals surface area contributed by atoms with Gasteiger partial charge >= 0.3 is 0 Å². The first kappa shape index (κ1) is 23.9. The van der Waals surface area contributed by atoms with Gasteiger partial charge in [0.25, 0.3) is 5.91 Å². The van der Waals surface area contributed by atoms with Gasteiger partial charge in [0.05, 0.1) is 12.1 Å². The summed E-state index contributed by atoms with van der Waals surface area (Å²) in [5, 5.41) is 2.72. The maximum absolute atomic E-state index is 14.0. The molecule has 1 N–H and O–H groups in total. The Bertz CT molecular complexity index is 1070. The molecule has 1 unspecified atom stereocenters. The summed E-state index contributed by atoms with van der Waals surface area (Å²) in [6.45, 7) is 6.84. The number of para-hydroxylation sites is 1. The molecular weight excluding hydrogens is 435 g/mol. The van der Waals surface area contributed by atoms with Crippen molar-refractivity contribution in [2.24, 2.45) is 5.92 Å². The Morgan fingerprint density at radius 1 is 0.941 bits per heavy atom. The fourth-order valence-electron chi connectivity index (χ4n) is 4.57. The van der Waals surface area contributed by atoms with Gasteiger partial charge in [-0.1, -0.05) is 44.2 Å². The molecule has 0 saturated carbocycles. The Morgan fingerprint density at radius 3 is 2.32 bits per heavy atom. The molecule has 2 aromatic rings. The standard InChI is InChI=1S/C26H31FN4O3/c1-18(2)24(28-25(33)20-8-4-5-9-21(20)27)26(34)30-15-13-29(14-16-30)17-23(32)31-12-11-19-7-3-6-10-22(19)31/h3-10,18,24H,11-17H2,1-2H3,(H,28,33). The lowest BCUT2D eigenvalue weighted by Gasteiger charge is -2.37. The van der Waals surface area contributed by atoms with Crippen molar-refractivity contribution in [1.82, 2.24) is 15.1 Å². The first-order chi connectivity index (χ1) is 16.3. The Morgan fingerprint density at radius 2 is 1.62 bits per heavy atom. The van der Waals surface area contributed by atoms with Crippen LogP contribution in [-0.2, 0) is 16.0 Å². The van der Waals surface area contributed by atoms with Gasteiger partial charge in [-0.2, -0.15) is 0 Å². The van der Waals surface area contributed by atoms with Gasteiger partial charge in [-0.3, -0.25) is 19.3 Å². The number of benzene rings is 2. The highest BCUT2D eigenvalue weighted by Gasteiger charge is 2.32. The normalized spacial score (nSPS) is 16.9.